The SMILES string of the molecule is CC(C(=O)N1CCN(c2ccc(S(=O)(=O)Nc3nccs3)cc2)CC1)n1ccc2cc(Cl)c(Cl)cc21. The van der Waals surface area contributed by atoms with Gasteiger partial charge in [0.15, 0.2) is 5.13 Å². The summed E-state index contributed by atoms with van der Waals surface area (Å²) >= 11 is 13.6. The summed E-state index contributed by atoms with van der Waals surface area (Å²) in [5.74, 6) is 0.0351. The molecule has 188 valence electrons. The van der Waals surface area contributed by atoms with E-state index >= 15 is 0 Å². The largest absolute Gasteiger partial charge is 0.368 e. The van der Waals surface area contributed by atoms with Gasteiger partial charge < -0.3 is 14.4 Å². The number of sulfonamides is 1. The molecule has 36 heavy (non-hydrogen) atoms. The number of benzene rings is 2. The highest BCUT2D eigenvalue weighted by Crippen LogP contribution is 2.31. The predicted molar refractivity (Wildman–Crippen MR) is 145 cm³/mol. The van der Waals surface area contributed by atoms with Crippen molar-refractivity contribution < 1.29 is 13.2 Å². The van der Waals surface area contributed by atoms with Gasteiger partial charge in [-0.15, -0.1) is 11.3 Å². The summed E-state index contributed by atoms with van der Waals surface area (Å²) in [6, 6.07) is 11.9. The van der Waals surface area contributed by atoms with Crippen LogP contribution in [0.4, 0.5) is 10.8 Å². The van der Waals surface area contributed by atoms with Crippen molar-refractivity contribution in [1.29, 1.82) is 0 Å². The number of amides is 1. The normalized spacial score (nSPS) is 15.3. The molecule has 1 atom stereocenters. The Labute approximate surface area is 223 Å². The molecule has 0 spiro atoms. The van der Waals surface area contributed by atoms with Crippen LogP contribution in [0, 0.1) is 0 Å². The van der Waals surface area contributed by atoms with Crippen molar-refractivity contribution in [3.05, 3.63) is 70.3 Å². The van der Waals surface area contributed by atoms with Gasteiger partial charge in [0.25, 0.3) is 10.0 Å². The Kier molecular flexibility index (Phi) is 6.86. The van der Waals surface area contributed by atoms with Crippen LogP contribution in [0.3, 0.4) is 0 Å². The van der Waals surface area contributed by atoms with Gasteiger partial charge in [0.05, 0.1) is 20.5 Å². The van der Waals surface area contributed by atoms with Gasteiger partial charge in [0, 0.05) is 55.0 Å². The van der Waals surface area contributed by atoms with Gasteiger partial charge in [0.1, 0.15) is 6.04 Å². The summed E-state index contributed by atoms with van der Waals surface area (Å²) < 4.78 is 29.5. The minimum absolute atomic E-state index is 0.0351. The third-order valence-electron chi connectivity index (χ3n) is 6.29. The predicted octanol–water partition coefficient (Wildman–Crippen LogP) is 5.12. The summed E-state index contributed by atoms with van der Waals surface area (Å²) in [4.78, 5) is 21.4. The summed E-state index contributed by atoms with van der Waals surface area (Å²) in [5.41, 5.74) is 1.77. The second kappa shape index (κ2) is 9.93. The fourth-order valence-corrected chi connectivity index (χ4v) is 6.46. The van der Waals surface area contributed by atoms with E-state index in [1.54, 1.807) is 48.0 Å². The molecule has 1 aliphatic rings. The van der Waals surface area contributed by atoms with Crippen LogP contribution in [0.15, 0.2) is 65.1 Å². The van der Waals surface area contributed by atoms with Crippen LogP contribution < -0.4 is 9.62 Å². The van der Waals surface area contributed by atoms with Crippen LogP contribution in [-0.4, -0.2) is 55.0 Å². The number of hydrogen-bond acceptors (Lipinski definition) is 6. The molecule has 0 aliphatic carbocycles. The van der Waals surface area contributed by atoms with Crippen LogP contribution in [0.2, 0.25) is 10.0 Å². The molecule has 1 amide bonds. The van der Waals surface area contributed by atoms with Crippen molar-refractivity contribution in [3.63, 3.8) is 0 Å². The Morgan fingerprint density at radius 1 is 1.06 bits per heavy atom. The zero-order valence-corrected chi connectivity index (χ0v) is 22.4. The first kappa shape index (κ1) is 24.9. The average Bonchev–Trinajstić information content (AvgIpc) is 3.53. The van der Waals surface area contributed by atoms with Gasteiger partial charge in [-0.1, -0.05) is 23.2 Å². The van der Waals surface area contributed by atoms with Crippen LogP contribution in [-0.2, 0) is 14.8 Å². The first-order valence-corrected chi connectivity index (χ1v) is 14.4. The number of fused-ring (bicyclic) bond motifs is 1. The molecule has 4 aromatic rings. The molecule has 0 radical (unpaired) electrons. The fraction of sp³-hybridized carbons (Fsp3) is 0.250. The van der Waals surface area contributed by atoms with Crippen LogP contribution in [0.1, 0.15) is 13.0 Å². The first-order valence-electron chi connectivity index (χ1n) is 11.2. The minimum Gasteiger partial charge on any atom is -0.368 e. The van der Waals surface area contributed by atoms with Crippen LogP contribution in [0.25, 0.3) is 10.9 Å². The second-order valence-corrected chi connectivity index (χ2v) is 11.9. The molecule has 1 unspecified atom stereocenters. The standard InChI is InChI=1S/C24H23Cl2N5O3S2/c1-16(31-8-6-17-14-20(25)21(26)15-22(17)31)23(32)30-11-9-29(10-12-30)18-2-4-19(5-3-18)36(33,34)28-24-27-7-13-35-24/h2-8,13-16H,9-12H2,1H3,(H,27,28). The summed E-state index contributed by atoms with van der Waals surface area (Å²) in [5, 5.41) is 3.90. The highest BCUT2D eigenvalue weighted by Gasteiger charge is 2.27. The number of nitrogens with one attached hydrogen (secondary N) is 1. The van der Waals surface area contributed by atoms with Crippen molar-refractivity contribution in [2.24, 2.45) is 0 Å². The highest BCUT2D eigenvalue weighted by atomic mass is 35.5. The van der Waals surface area contributed by atoms with Crippen molar-refractivity contribution in [2.45, 2.75) is 17.9 Å². The Morgan fingerprint density at radius 3 is 2.42 bits per heavy atom. The summed E-state index contributed by atoms with van der Waals surface area (Å²) in [6.45, 7) is 4.32. The lowest BCUT2D eigenvalue weighted by atomic mass is 10.2. The third-order valence-corrected chi connectivity index (χ3v) is 9.19. The summed E-state index contributed by atoms with van der Waals surface area (Å²) in [7, 11) is -3.69. The van der Waals surface area contributed by atoms with Gasteiger partial charge in [-0.25, -0.2) is 13.4 Å². The van der Waals surface area contributed by atoms with Gasteiger partial charge in [0.2, 0.25) is 5.91 Å². The maximum atomic E-state index is 13.3. The zero-order chi connectivity index (χ0) is 25.4. The summed E-state index contributed by atoms with van der Waals surface area (Å²) in [6.07, 6.45) is 3.43. The second-order valence-electron chi connectivity index (χ2n) is 8.47. The number of nitrogens with zero attached hydrogens (tertiary/aromatic N) is 4. The lowest BCUT2D eigenvalue weighted by Gasteiger charge is -2.37. The number of piperazine rings is 1. The van der Waals surface area contributed by atoms with E-state index < -0.39 is 10.0 Å². The van der Waals surface area contributed by atoms with Crippen molar-refractivity contribution in [2.75, 3.05) is 35.8 Å². The Hall–Kier alpha value is -2.79. The number of thiazole rings is 1. The number of carbonyl (C=O) groups is 1. The molecule has 5 rings (SSSR count). The number of aromatic nitrogens is 2. The van der Waals surface area contributed by atoms with E-state index in [2.05, 4.69) is 14.6 Å². The van der Waals surface area contributed by atoms with E-state index in [4.69, 9.17) is 23.2 Å². The molecule has 1 fully saturated rings. The van der Waals surface area contributed by atoms with E-state index in [1.165, 1.54) is 11.3 Å². The lowest BCUT2D eigenvalue weighted by molar-refractivity contribution is -0.134. The van der Waals surface area contributed by atoms with E-state index in [0.717, 1.165) is 16.6 Å². The molecule has 2 aromatic heterocycles. The smallest absolute Gasteiger partial charge is 0.263 e. The van der Waals surface area contributed by atoms with E-state index in [9.17, 15) is 13.2 Å². The quantitative estimate of drug-likeness (QED) is 0.352. The molecule has 1 saturated heterocycles. The molecule has 2 aromatic carbocycles. The van der Waals surface area contributed by atoms with Crippen LogP contribution in [0.5, 0.6) is 0 Å². The van der Waals surface area contributed by atoms with Crippen molar-refractivity contribution in [3.8, 4) is 0 Å². The molecule has 1 N–H and O–H groups in total. The maximum absolute atomic E-state index is 13.3. The molecule has 12 heteroatoms. The van der Waals surface area contributed by atoms with E-state index in [-0.39, 0.29) is 16.8 Å². The first-order chi connectivity index (χ1) is 17.2. The molecule has 8 nitrogen and oxygen atoms in total. The number of halogens is 2. The third kappa shape index (κ3) is 4.90. The monoisotopic (exact) mass is 563 g/mol. The zero-order valence-electron chi connectivity index (χ0n) is 19.3. The molecular weight excluding hydrogens is 541 g/mol. The average molecular weight is 565 g/mol. The molecular formula is C24H23Cl2N5O3S2. The van der Waals surface area contributed by atoms with Gasteiger partial charge >= 0.3 is 0 Å². The molecule has 3 heterocycles. The molecule has 1 aliphatic heterocycles. The Bertz CT molecular complexity index is 1500. The molecule has 0 bridgehead atoms. The van der Waals surface area contributed by atoms with E-state index in [0.29, 0.717) is 41.4 Å². The Balaban J connectivity index is 1.22. The highest BCUT2D eigenvalue weighted by molar-refractivity contribution is 7.93. The van der Waals surface area contributed by atoms with Gasteiger partial charge in [-0.2, -0.15) is 0 Å². The Morgan fingerprint density at radius 2 is 1.75 bits per heavy atom. The van der Waals surface area contributed by atoms with Crippen molar-refractivity contribution in [1.82, 2.24) is 14.5 Å². The van der Waals surface area contributed by atoms with Gasteiger partial charge in [-0.05, 0) is 49.4 Å². The number of rotatable bonds is 6. The van der Waals surface area contributed by atoms with E-state index in [1.807, 2.05) is 28.7 Å². The lowest BCUT2D eigenvalue weighted by Crippen LogP contribution is -2.50. The van der Waals surface area contributed by atoms with Crippen molar-refractivity contribution >= 4 is 72.2 Å². The minimum atomic E-state index is -3.69. The van der Waals surface area contributed by atoms with Crippen LogP contribution >= 0.6 is 34.5 Å². The topological polar surface area (TPSA) is 87.5 Å². The number of anilines is 2. The fourth-order valence-electron chi connectivity index (χ4n) is 4.34. The molecule has 0 saturated carbocycles. The van der Waals surface area contributed by atoms with Gasteiger partial charge in [-0.3, -0.25) is 9.52 Å². The number of hydrogen-bond donors (Lipinski definition) is 1. The number of carbonyl (C=O) groups excluding carboxylic acids is 1. The maximum Gasteiger partial charge on any atom is 0.263 e.